The van der Waals surface area contributed by atoms with Gasteiger partial charge in [0.2, 0.25) is 5.95 Å². The molecular formula is C25H19ClN4O2. The van der Waals surface area contributed by atoms with Crippen molar-refractivity contribution in [3.63, 3.8) is 0 Å². The molecule has 2 aliphatic heterocycles. The van der Waals surface area contributed by atoms with Gasteiger partial charge in [-0.15, -0.1) is 0 Å². The topological polar surface area (TPSA) is 61.2 Å². The molecule has 2 aliphatic rings. The zero-order valence-electron chi connectivity index (χ0n) is 17.2. The summed E-state index contributed by atoms with van der Waals surface area (Å²) in [4.78, 5) is 4.46. The number of para-hydroxylation sites is 1. The molecule has 32 heavy (non-hydrogen) atoms. The van der Waals surface area contributed by atoms with E-state index in [4.69, 9.17) is 21.1 Å². The van der Waals surface area contributed by atoms with Crippen molar-refractivity contribution in [2.75, 3.05) is 12.4 Å². The lowest BCUT2D eigenvalue weighted by Gasteiger charge is -2.39. The number of aromatic nitrogens is 3. The molecule has 2 atom stereocenters. The highest BCUT2D eigenvalue weighted by Crippen LogP contribution is 2.50. The largest absolute Gasteiger partial charge is 0.497 e. The molecule has 0 radical (unpaired) electrons. The monoisotopic (exact) mass is 442 g/mol. The second kappa shape index (κ2) is 7.43. The number of nitrogens with one attached hydrogen (secondary N) is 1. The van der Waals surface area contributed by atoms with Gasteiger partial charge < -0.3 is 14.8 Å². The van der Waals surface area contributed by atoms with Crippen LogP contribution in [0.1, 0.15) is 28.8 Å². The molecule has 6 nitrogen and oxygen atoms in total. The maximum absolute atomic E-state index is 6.59. The van der Waals surface area contributed by atoms with E-state index in [-0.39, 0.29) is 12.1 Å². The van der Waals surface area contributed by atoms with Crippen LogP contribution in [0, 0.1) is 0 Å². The van der Waals surface area contributed by atoms with Crippen LogP contribution in [-0.4, -0.2) is 21.9 Å². The highest BCUT2D eigenvalue weighted by molar-refractivity contribution is 6.30. The van der Waals surface area contributed by atoms with E-state index < -0.39 is 0 Å². The molecule has 4 aromatic rings. The predicted molar refractivity (Wildman–Crippen MR) is 123 cm³/mol. The highest BCUT2D eigenvalue weighted by atomic mass is 35.5. The van der Waals surface area contributed by atoms with Crippen LogP contribution in [-0.2, 0) is 0 Å². The van der Waals surface area contributed by atoms with Crippen LogP contribution in [0.15, 0.2) is 84.7 Å². The molecule has 6 rings (SSSR count). The average Bonchev–Trinajstić information content (AvgIpc) is 3.31. The van der Waals surface area contributed by atoms with E-state index in [2.05, 4.69) is 33.6 Å². The molecule has 0 saturated heterocycles. The lowest BCUT2D eigenvalue weighted by molar-refractivity contribution is 0.223. The second-order valence-electron chi connectivity index (χ2n) is 7.70. The average molecular weight is 443 g/mol. The zero-order valence-corrected chi connectivity index (χ0v) is 18.0. The Balaban J connectivity index is 1.60. The summed E-state index contributed by atoms with van der Waals surface area (Å²) in [5.74, 6) is 2.31. The number of nitrogens with zero attached hydrogens (tertiary/aromatic N) is 3. The Kier molecular flexibility index (Phi) is 4.40. The summed E-state index contributed by atoms with van der Waals surface area (Å²) in [5, 5.41) is 8.74. The van der Waals surface area contributed by atoms with Gasteiger partial charge in [0, 0.05) is 16.2 Å². The fraction of sp³-hybridized carbons (Fsp3) is 0.120. The summed E-state index contributed by atoms with van der Waals surface area (Å²) in [6, 6.07) is 23.7. The molecule has 0 aliphatic carbocycles. The van der Waals surface area contributed by atoms with Crippen molar-refractivity contribution in [3.8, 4) is 11.5 Å². The van der Waals surface area contributed by atoms with Crippen molar-refractivity contribution in [3.05, 3.63) is 106 Å². The van der Waals surface area contributed by atoms with Crippen LogP contribution in [0.25, 0.3) is 5.70 Å². The molecule has 0 spiro atoms. The molecule has 3 heterocycles. The Morgan fingerprint density at radius 2 is 1.72 bits per heavy atom. The van der Waals surface area contributed by atoms with Crippen molar-refractivity contribution in [2.24, 2.45) is 0 Å². The Hall–Kier alpha value is -3.77. The number of fused-ring (bicyclic) bond motifs is 3. The normalized spacial score (nSPS) is 18.7. The summed E-state index contributed by atoms with van der Waals surface area (Å²) in [6.45, 7) is 0. The van der Waals surface area contributed by atoms with Gasteiger partial charge in [-0.2, -0.15) is 10.1 Å². The molecule has 0 fully saturated rings. The number of hydrogen-bond acceptors (Lipinski definition) is 5. The summed E-state index contributed by atoms with van der Waals surface area (Å²) in [5.41, 5.74) is 5.14. The first-order valence-electron chi connectivity index (χ1n) is 10.3. The number of benzene rings is 3. The first kappa shape index (κ1) is 19.0. The maximum Gasteiger partial charge on any atom is 0.226 e. The smallest absolute Gasteiger partial charge is 0.226 e. The van der Waals surface area contributed by atoms with Crippen LogP contribution in [0.2, 0.25) is 5.02 Å². The molecule has 2 unspecified atom stereocenters. The Morgan fingerprint density at radius 3 is 2.50 bits per heavy atom. The first-order valence-corrected chi connectivity index (χ1v) is 10.7. The molecule has 0 amide bonds. The quantitative estimate of drug-likeness (QED) is 0.454. The summed E-state index contributed by atoms with van der Waals surface area (Å²) < 4.78 is 13.9. The van der Waals surface area contributed by atoms with E-state index in [0.717, 1.165) is 39.5 Å². The van der Waals surface area contributed by atoms with Crippen LogP contribution in [0.3, 0.4) is 0 Å². The van der Waals surface area contributed by atoms with Gasteiger partial charge in [-0.3, -0.25) is 0 Å². The van der Waals surface area contributed by atoms with E-state index in [1.807, 2.05) is 59.3 Å². The summed E-state index contributed by atoms with van der Waals surface area (Å²) in [7, 11) is 1.66. The molecule has 0 saturated carbocycles. The first-order chi connectivity index (χ1) is 15.7. The van der Waals surface area contributed by atoms with Crippen LogP contribution < -0.4 is 14.8 Å². The van der Waals surface area contributed by atoms with E-state index >= 15 is 0 Å². The molecular weight excluding hydrogens is 424 g/mol. The van der Waals surface area contributed by atoms with Gasteiger partial charge in [0.25, 0.3) is 0 Å². The van der Waals surface area contributed by atoms with Gasteiger partial charge in [0.15, 0.2) is 0 Å². The standard InChI is InChI=1S/C25H19ClN4O2/c1-31-18-12-8-15(9-13-18)23-21-22(29-25-27-14-28-30(23)25)19-4-2-3-5-20(19)32-24(21)16-6-10-17(26)11-7-16/h2-14,23-24H,1H3,(H,27,28,29). The van der Waals surface area contributed by atoms with E-state index in [9.17, 15) is 0 Å². The lowest BCUT2D eigenvalue weighted by Crippen LogP contribution is -2.32. The second-order valence-corrected chi connectivity index (χ2v) is 8.14. The lowest BCUT2D eigenvalue weighted by atomic mass is 9.84. The van der Waals surface area contributed by atoms with Crippen LogP contribution in [0.5, 0.6) is 11.5 Å². The third kappa shape index (κ3) is 2.95. The Labute approximate surface area is 190 Å². The molecule has 1 N–H and O–H groups in total. The Morgan fingerprint density at radius 1 is 0.969 bits per heavy atom. The van der Waals surface area contributed by atoms with Gasteiger partial charge >= 0.3 is 0 Å². The van der Waals surface area contributed by atoms with Gasteiger partial charge in [0.1, 0.15) is 30.0 Å². The fourth-order valence-electron chi connectivity index (χ4n) is 4.44. The van der Waals surface area contributed by atoms with Crippen molar-refractivity contribution in [2.45, 2.75) is 12.1 Å². The molecule has 7 heteroatoms. The minimum absolute atomic E-state index is 0.205. The van der Waals surface area contributed by atoms with Gasteiger partial charge in [-0.25, -0.2) is 4.68 Å². The summed E-state index contributed by atoms with van der Waals surface area (Å²) >= 11 is 6.18. The minimum atomic E-state index is -0.325. The van der Waals surface area contributed by atoms with Crippen LogP contribution in [0.4, 0.5) is 5.95 Å². The van der Waals surface area contributed by atoms with Crippen molar-refractivity contribution in [1.82, 2.24) is 14.8 Å². The number of hydrogen-bond donors (Lipinski definition) is 1. The maximum atomic E-state index is 6.59. The van der Waals surface area contributed by atoms with Crippen LogP contribution >= 0.6 is 11.6 Å². The highest BCUT2D eigenvalue weighted by Gasteiger charge is 2.40. The SMILES string of the molecule is COc1ccc(C2C3=C(Nc4ncnn42)c2ccccc2OC3c2ccc(Cl)cc2)cc1. The molecule has 3 aromatic carbocycles. The third-order valence-electron chi connectivity index (χ3n) is 5.93. The predicted octanol–water partition coefficient (Wildman–Crippen LogP) is 5.50. The van der Waals surface area contributed by atoms with Gasteiger partial charge in [-0.05, 0) is 47.5 Å². The number of methoxy groups -OCH3 is 1. The van der Waals surface area contributed by atoms with E-state index in [1.165, 1.54) is 0 Å². The van der Waals surface area contributed by atoms with Crippen molar-refractivity contribution in [1.29, 1.82) is 0 Å². The number of anilines is 1. The molecule has 1 aromatic heterocycles. The van der Waals surface area contributed by atoms with Gasteiger partial charge in [0.05, 0.1) is 12.8 Å². The van der Waals surface area contributed by atoms with Gasteiger partial charge in [-0.1, -0.05) is 48.0 Å². The fourth-order valence-corrected chi connectivity index (χ4v) is 4.56. The van der Waals surface area contributed by atoms with E-state index in [0.29, 0.717) is 11.0 Å². The Bertz CT molecular complexity index is 1330. The van der Waals surface area contributed by atoms with Crippen molar-refractivity contribution >= 4 is 23.2 Å². The molecule has 158 valence electrons. The molecule has 0 bridgehead atoms. The number of halogens is 1. The van der Waals surface area contributed by atoms with Crippen molar-refractivity contribution < 1.29 is 9.47 Å². The number of ether oxygens (including phenoxy) is 2. The number of rotatable bonds is 3. The summed E-state index contributed by atoms with van der Waals surface area (Å²) in [6.07, 6.45) is 1.25. The van der Waals surface area contributed by atoms with E-state index in [1.54, 1.807) is 13.4 Å². The zero-order chi connectivity index (χ0) is 21.7. The minimum Gasteiger partial charge on any atom is -0.497 e. The third-order valence-corrected chi connectivity index (χ3v) is 6.18.